The van der Waals surface area contributed by atoms with Crippen molar-refractivity contribution < 1.29 is 27.9 Å². The van der Waals surface area contributed by atoms with Gasteiger partial charge < -0.3 is 19.4 Å². The zero-order valence-corrected chi connectivity index (χ0v) is 19.2. The molecule has 3 rings (SSSR count). The van der Waals surface area contributed by atoms with E-state index in [0.717, 1.165) is 22.9 Å². The number of anilines is 1. The first-order chi connectivity index (χ1) is 15.0. The number of alkyl halides is 2. The van der Waals surface area contributed by atoms with Crippen molar-refractivity contribution in [1.82, 2.24) is 0 Å². The second kappa shape index (κ2) is 9.59. The maximum Gasteiger partial charge on any atom is 0.399 e. The average Bonchev–Trinajstić information content (AvgIpc) is 2.74. The number of ether oxygens (including phenoxy) is 1. The van der Waals surface area contributed by atoms with Crippen molar-refractivity contribution in [2.24, 2.45) is 0 Å². The lowest BCUT2D eigenvalue weighted by atomic mass is 10.1. The largest absolute Gasteiger partial charge is 0.495 e. The lowest BCUT2D eigenvalue weighted by molar-refractivity contribution is 0.0565. The molecule has 0 fully saturated rings. The van der Waals surface area contributed by atoms with Gasteiger partial charge in [-0.2, -0.15) is 8.78 Å². The van der Waals surface area contributed by atoms with Crippen LogP contribution in [0, 0.1) is 6.92 Å². The van der Waals surface area contributed by atoms with Crippen molar-refractivity contribution in [3.05, 3.63) is 94.0 Å². The van der Waals surface area contributed by atoms with Crippen LogP contribution in [-0.2, 0) is 23.3 Å². The van der Waals surface area contributed by atoms with E-state index < -0.39 is 23.8 Å². The van der Waals surface area contributed by atoms with Crippen LogP contribution in [0.2, 0.25) is 5.02 Å². The fourth-order valence-electron chi connectivity index (χ4n) is 3.39. The Morgan fingerprint density at radius 1 is 1.03 bits per heavy atom. The SMILES string of the molecule is COc1ccccc1N(Cc1ccc(C(F)(F)P(=O)(O)O)c(Cl)c1)Cc1ccccc1C. The van der Waals surface area contributed by atoms with E-state index in [4.69, 9.17) is 26.1 Å². The van der Waals surface area contributed by atoms with Crippen molar-refractivity contribution in [2.75, 3.05) is 12.0 Å². The predicted molar refractivity (Wildman–Crippen MR) is 121 cm³/mol. The van der Waals surface area contributed by atoms with Crippen molar-refractivity contribution >= 4 is 24.9 Å². The quantitative estimate of drug-likeness (QED) is 0.381. The smallest absolute Gasteiger partial charge is 0.399 e. The number of benzene rings is 3. The normalized spacial score (nSPS) is 12.0. The molecule has 0 radical (unpaired) electrons. The summed E-state index contributed by atoms with van der Waals surface area (Å²) in [5.41, 5.74) is -1.69. The standard InChI is InChI=1S/C23H23ClF2NO4P/c1-16-7-3-4-8-18(16)15-27(21-9-5-6-10-22(21)31-2)14-17-11-12-19(20(24)13-17)23(25,26)32(28,29)30/h3-13H,14-15H2,1-2H3,(H2,28,29,30). The highest BCUT2D eigenvalue weighted by Crippen LogP contribution is 2.60. The Morgan fingerprint density at radius 3 is 2.31 bits per heavy atom. The van der Waals surface area contributed by atoms with Crippen LogP contribution in [0.15, 0.2) is 66.7 Å². The number of hydrogen-bond donors (Lipinski definition) is 2. The number of para-hydroxylation sites is 2. The summed E-state index contributed by atoms with van der Waals surface area (Å²) in [7, 11) is -4.14. The molecule has 0 aliphatic heterocycles. The Morgan fingerprint density at radius 2 is 1.69 bits per heavy atom. The first-order valence-corrected chi connectivity index (χ1v) is 11.7. The summed E-state index contributed by atoms with van der Waals surface area (Å²) >= 11 is 6.03. The zero-order chi connectivity index (χ0) is 23.5. The van der Waals surface area contributed by atoms with Crippen LogP contribution in [0.3, 0.4) is 0 Å². The van der Waals surface area contributed by atoms with E-state index in [0.29, 0.717) is 24.4 Å². The van der Waals surface area contributed by atoms with E-state index in [1.165, 1.54) is 12.1 Å². The highest BCUT2D eigenvalue weighted by molar-refractivity contribution is 7.52. The minimum atomic E-state index is -5.71. The maximum atomic E-state index is 14.1. The second-order valence-corrected chi connectivity index (χ2v) is 9.41. The molecule has 0 heterocycles. The van der Waals surface area contributed by atoms with Crippen LogP contribution < -0.4 is 9.64 Å². The van der Waals surface area contributed by atoms with Crippen molar-refractivity contribution in [3.8, 4) is 5.75 Å². The Hall–Kier alpha value is -2.44. The van der Waals surface area contributed by atoms with Crippen LogP contribution in [0.5, 0.6) is 5.75 Å². The van der Waals surface area contributed by atoms with Gasteiger partial charge in [0.2, 0.25) is 0 Å². The first kappa shape index (κ1) is 24.2. The molecule has 9 heteroatoms. The van der Waals surface area contributed by atoms with Gasteiger partial charge in [0.05, 0.1) is 23.4 Å². The third-order valence-electron chi connectivity index (χ3n) is 5.15. The average molecular weight is 482 g/mol. The van der Waals surface area contributed by atoms with Crippen molar-refractivity contribution in [3.63, 3.8) is 0 Å². The molecule has 0 aliphatic rings. The molecule has 0 saturated heterocycles. The molecule has 0 bridgehead atoms. The van der Waals surface area contributed by atoms with E-state index in [9.17, 15) is 13.3 Å². The summed E-state index contributed by atoms with van der Waals surface area (Å²) in [6, 6.07) is 19.0. The first-order valence-electron chi connectivity index (χ1n) is 9.69. The van der Waals surface area contributed by atoms with Crippen LogP contribution in [0.1, 0.15) is 22.3 Å². The topological polar surface area (TPSA) is 70.0 Å². The Bertz CT molecular complexity index is 1150. The molecule has 0 aliphatic carbocycles. The van der Waals surface area contributed by atoms with Crippen molar-refractivity contribution in [1.29, 1.82) is 0 Å². The molecule has 5 nitrogen and oxygen atoms in total. The molecule has 170 valence electrons. The van der Waals surface area contributed by atoms with E-state index in [1.54, 1.807) is 7.11 Å². The lowest BCUT2D eigenvalue weighted by Crippen LogP contribution is -2.23. The van der Waals surface area contributed by atoms with Crippen LogP contribution >= 0.6 is 19.2 Å². The van der Waals surface area contributed by atoms with Crippen LogP contribution in [-0.4, -0.2) is 16.9 Å². The predicted octanol–water partition coefficient (Wildman–Crippen LogP) is 6.09. The van der Waals surface area contributed by atoms with E-state index in [1.807, 2.05) is 60.4 Å². The maximum absolute atomic E-state index is 14.1. The van der Waals surface area contributed by atoms with Gasteiger partial charge in [-0.05, 0) is 41.8 Å². The van der Waals surface area contributed by atoms with Gasteiger partial charge >= 0.3 is 13.3 Å². The van der Waals surface area contributed by atoms with Crippen LogP contribution in [0.25, 0.3) is 0 Å². The van der Waals surface area contributed by atoms with Crippen LogP contribution in [0.4, 0.5) is 14.5 Å². The highest BCUT2D eigenvalue weighted by atomic mass is 35.5. The van der Waals surface area contributed by atoms with Gasteiger partial charge in [-0.1, -0.05) is 60.1 Å². The monoisotopic (exact) mass is 481 g/mol. The van der Waals surface area contributed by atoms with Gasteiger partial charge in [-0.15, -0.1) is 0 Å². The molecule has 0 aromatic heterocycles. The molecule has 2 N–H and O–H groups in total. The summed E-state index contributed by atoms with van der Waals surface area (Å²) in [5.74, 6) is 0.650. The van der Waals surface area contributed by atoms with Gasteiger partial charge in [0.1, 0.15) is 5.75 Å². The Labute approximate surface area is 190 Å². The zero-order valence-electron chi connectivity index (χ0n) is 17.5. The minimum absolute atomic E-state index is 0.302. The summed E-state index contributed by atoms with van der Waals surface area (Å²) in [5, 5.41) is -0.410. The molecule has 3 aromatic carbocycles. The van der Waals surface area contributed by atoms with E-state index in [2.05, 4.69) is 0 Å². The van der Waals surface area contributed by atoms with Gasteiger partial charge in [-0.25, -0.2) is 0 Å². The second-order valence-electron chi connectivity index (χ2n) is 7.35. The number of halogens is 3. The van der Waals surface area contributed by atoms with Gasteiger partial charge in [0.15, 0.2) is 0 Å². The molecular weight excluding hydrogens is 459 g/mol. The number of aryl methyl sites for hydroxylation is 1. The number of rotatable bonds is 8. The fraction of sp³-hybridized carbons (Fsp3) is 0.217. The lowest BCUT2D eigenvalue weighted by Gasteiger charge is -2.28. The van der Waals surface area contributed by atoms with E-state index in [-0.39, 0.29) is 0 Å². The van der Waals surface area contributed by atoms with Gasteiger partial charge in [-0.3, -0.25) is 4.57 Å². The van der Waals surface area contributed by atoms with Crippen molar-refractivity contribution in [2.45, 2.75) is 25.7 Å². The molecule has 0 atom stereocenters. The third kappa shape index (κ3) is 5.13. The Kier molecular flexibility index (Phi) is 7.25. The minimum Gasteiger partial charge on any atom is -0.495 e. The molecule has 0 saturated carbocycles. The number of hydrogen-bond acceptors (Lipinski definition) is 3. The third-order valence-corrected chi connectivity index (χ3v) is 6.43. The summed E-state index contributed by atoms with van der Waals surface area (Å²) < 4.78 is 45.0. The summed E-state index contributed by atoms with van der Waals surface area (Å²) in [6.07, 6.45) is 0. The molecule has 3 aromatic rings. The Balaban J connectivity index is 1.99. The highest BCUT2D eigenvalue weighted by Gasteiger charge is 2.51. The molecular formula is C23H23ClF2NO4P. The molecule has 0 amide bonds. The van der Waals surface area contributed by atoms with Gasteiger partial charge in [0, 0.05) is 13.1 Å². The number of nitrogens with zero attached hydrogens (tertiary/aromatic N) is 1. The summed E-state index contributed by atoms with van der Waals surface area (Å²) in [4.78, 5) is 20.1. The number of methoxy groups -OCH3 is 1. The molecule has 32 heavy (non-hydrogen) atoms. The fourth-order valence-corrected chi connectivity index (χ4v) is 4.29. The van der Waals surface area contributed by atoms with E-state index >= 15 is 0 Å². The summed E-state index contributed by atoms with van der Waals surface area (Å²) in [6.45, 7) is 2.83. The molecule has 0 spiro atoms. The van der Waals surface area contributed by atoms with Gasteiger partial charge in [0.25, 0.3) is 0 Å². The molecule has 0 unspecified atom stereocenters.